The number of aromatic nitrogens is 1. The average molecular weight is 372 g/mol. The minimum Gasteiger partial charge on any atom is -0.476 e. The van der Waals surface area contributed by atoms with Crippen molar-refractivity contribution in [3.05, 3.63) is 39.8 Å². The lowest BCUT2D eigenvalue weighted by atomic mass is 10.1. The maximum absolute atomic E-state index is 15.0. The molecule has 0 aliphatic rings. The fourth-order valence-corrected chi connectivity index (χ4v) is 2.84. The summed E-state index contributed by atoms with van der Waals surface area (Å²) in [6, 6.07) is 4.32. The normalized spacial score (nSPS) is 10.7. The molecular weight excluding hydrogens is 356 g/mol. The number of hydrogen-bond acceptors (Lipinski definition) is 4. The summed E-state index contributed by atoms with van der Waals surface area (Å²) in [6.07, 6.45) is 0. The Bertz CT molecular complexity index is 795. The summed E-state index contributed by atoms with van der Waals surface area (Å²) in [4.78, 5) is 16.9. The molecule has 0 unspecified atom stereocenters. The van der Waals surface area contributed by atoms with Gasteiger partial charge in [0.05, 0.1) is 27.1 Å². The van der Waals surface area contributed by atoms with Crippen LogP contribution < -0.4 is 10.6 Å². The SMILES string of the molecule is CCN(CC)c1c(Cl)ccc(-c2cc(N)c(Cl)c(C(=O)O)n2)c1F. The second kappa shape index (κ2) is 7.23. The molecular formula is C16H16Cl2FN3O2. The van der Waals surface area contributed by atoms with Gasteiger partial charge >= 0.3 is 5.97 Å². The first-order valence-corrected chi connectivity index (χ1v) is 7.99. The molecule has 0 aliphatic heterocycles. The van der Waals surface area contributed by atoms with Crippen molar-refractivity contribution in [3.8, 4) is 11.3 Å². The van der Waals surface area contributed by atoms with Crippen LogP contribution in [-0.4, -0.2) is 29.1 Å². The van der Waals surface area contributed by atoms with Gasteiger partial charge in [0, 0.05) is 18.7 Å². The highest BCUT2D eigenvalue weighted by Gasteiger charge is 2.21. The summed E-state index contributed by atoms with van der Waals surface area (Å²) in [7, 11) is 0. The van der Waals surface area contributed by atoms with Gasteiger partial charge in [0.1, 0.15) is 0 Å². The van der Waals surface area contributed by atoms with E-state index in [0.29, 0.717) is 13.1 Å². The van der Waals surface area contributed by atoms with Crippen molar-refractivity contribution < 1.29 is 14.3 Å². The summed E-state index contributed by atoms with van der Waals surface area (Å²) >= 11 is 12.0. The van der Waals surface area contributed by atoms with Crippen molar-refractivity contribution in [1.29, 1.82) is 0 Å². The fourth-order valence-electron chi connectivity index (χ4n) is 2.40. The molecule has 1 heterocycles. The second-order valence-corrected chi connectivity index (χ2v) is 5.78. The van der Waals surface area contributed by atoms with Crippen molar-refractivity contribution >= 4 is 40.5 Å². The maximum atomic E-state index is 15.0. The maximum Gasteiger partial charge on any atom is 0.356 e. The van der Waals surface area contributed by atoms with Gasteiger partial charge in [-0.2, -0.15) is 0 Å². The van der Waals surface area contributed by atoms with Gasteiger partial charge in [-0.15, -0.1) is 0 Å². The number of carboxylic acids is 1. The zero-order chi connectivity index (χ0) is 18.0. The summed E-state index contributed by atoms with van der Waals surface area (Å²) in [5.41, 5.74) is 5.75. The number of nitrogens with zero attached hydrogens (tertiary/aromatic N) is 2. The average Bonchev–Trinajstić information content (AvgIpc) is 2.53. The molecule has 128 valence electrons. The molecule has 2 rings (SSSR count). The van der Waals surface area contributed by atoms with E-state index in [1.54, 1.807) is 11.0 Å². The van der Waals surface area contributed by atoms with Crippen LogP contribution in [0.25, 0.3) is 11.3 Å². The Morgan fingerprint density at radius 1 is 1.33 bits per heavy atom. The first kappa shape index (κ1) is 18.3. The third kappa shape index (κ3) is 3.25. The topological polar surface area (TPSA) is 79.5 Å². The fraction of sp³-hybridized carbons (Fsp3) is 0.250. The van der Waals surface area contributed by atoms with Gasteiger partial charge in [-0.3, -0.25) is 0 Å². The molecule has 24 heavy (non-hydrogen) atoms. The highest BCUT2D eigenvalue weighted by molar-refractivity contribution is 6.35. The zero-order valence-corrected chi connectivity index (χ0v) is 14.6. The van der Waals surface area contributed by atoms with E-state index in [1.807, 2.05) is 13.8 Å². The van der Waals surface area contributed by atoms with E-state index < -0.39 is 17.5 Å². The highest BCUT2D eigenvalue weighted by atomic mass is 35.5. The largest absolute Gasteiger partial charge is 0.476 e. The van der Waals surface area contributed by atoms with Crippen LogP contribution in [-0.2, 0) is 0 Å². The van der Waals surface area contributed by atoms with Crippen molar-refractivity contribution in [2.24, 2.45) is 0 Å². The highest BCUT2D eigenvalue weighted by Crippen LogP contribution is 2.36. The van der Waals surface area contributed by atoms with Crippen LogP contribution in [0.3, 0.4) is 0 Å². The first-order chi connectivity index (χ1) is 11.3. The number of halogens is 3. The smallest absolute Gasteiger partial charge is 0.356 e. The Kier molecular flexibility index (Phi) is 5.51. The number of rotatable bonds is 5. The quantitative estimate of drug-likeness (QED) is 0.817. The Labute approximate surface area is 148 Å². The molecule has 0 amide bonds. The molecule has 0 aliphatic carbocycles. The van der Waals surface area contributed by atoms with E-state index in [1.165, 1.54) is 12.1 Å². The third-order valence-corrected chi connectivity index (χ3v) is 4.31. The lowest BCUT2D eigenvalue weighted by molar-refractivity contribution is 0.0691. The van der Waals surface area contributed by atoms with Gasteiger partial charge in [0.15, 0.2) is 11.5 Å². The number of anilines is 2. The van der Waals surface area contributed by atoms with Crippen LogP contribution >= 0.6 is 23.2 Å². The Morgan fingerprint density at radius 3 is 2.50 bits per heavy atom. The van der Waals surface area contributed by atoms with Gasteiger partial charge in [0.2, 0.25) is 0 Å². The predicted octanol–water partition coefficient (Wildman–Crippen LogP) is 4.32. The van der Waals surface area contributed by atoms with Crippen molar-refractivity contribution in [3.63, 3.8) is 0 Å². The van der Waals surface area contributed by atoms with Crippen LogP contribution in [0.15, 0.2) is 18.2 Å². The number of nitrogens with two attached hydrogens (primary N) is 1. The molecule has 5 nitrogen and oxygen atoms in total. The van der Waals surface area contributed by atoms with Gasteiger partial charge < -0.3 is 15.7 Å². The lowest BCUT2D eigenvalue weighted by Gasteiger charge is -2.24. The Balaban J connectivity index is 2.70. The first-order valence-electron chi connectivity index (χ1n) is 7.24. The molecule has 0 atom stereocenters. The summed E-state index contributed by atoms with van der Waals surface area (Å²) in [6.45, 7) is 4.89. The van der Waals surface area contributed by atoms with E-state index in [2.05, 4.69) is 4.98 Å². The number of pyridine rings is 1. The molecule has 0 fully saturated rings. The third-order valence-electron chi connectivity index (χ3n) is 3.61. The lowest BCUT2D eigenvalue weighted by Crippen LogP contribution is -2.23. The zero-order valence-electron chi connectivity index (χ0n) is 13.1. The number of carbonyl (C=O) groups is 1. The summed E-state index contributed by atoms with van der Waals surface area (Å²) in [5.74, 6) is -1.93. The van der Waals surface area contributed by atoms with Crippen molar-refractivity contribution in [2.75, 3.05) is 23.7 Å². The van der Waals surface area contributed by atoms with Gasteiger partial charge in [-0.1, -0.05) is 23.2 Å². The minimum atomic E-state index is -1.34. The monoisotopic (exact) mass is 371 g/mol. The van der Waals surface area contributed by atoms with Gasteiger partial charge in [-0.25, -0.2) is 14.2 Å². The Hall–Kier alpha value is -2.05. The van der Waals surface area contributed by atoms with E-state index in [0.717, 1.165) is 0 Å². The molecule has 1 aromatic carbocycles. The molecule has 0 saturated heterocycles. The standard InChI is InChI=1S/C16H16Cl2FN3O2/c1-3-22(4-2)15-9(17)6-5-8(13(15)19)11-7-10(20)12(18)14(21-11)16(23)24/h5-7H,3-4H2,1-2H3,(H2,20,21)(H,23,24). The van der Waals surface area contributed by atoms with Crippen molar-refractivity contribution in [2.45, 2.75) is 13.8 Å². The number of benzene rings is 1. The van der Waals surface area contributed by atoms with E-state index >= 15 is 4.39 Å². The molecule has 0 saturated carbocycles. The molecule has 2 aromatic rings. The van der Waals surface area contributed by atoms with Crippen molar-refractivity contribution in [1.82, 2.24) is 4.98 Å². The molecule has 0 radical (unpaired) electrons. The van der Waals surface area contributed by atoms with Gasteiger partial charge in [-0.05, 0) is 32.0 Å². The van der Waals surface area contributed by atoms with Crippen LogP contribution in [0.2, 0.25) is 10.0 Å². The predicted molar refractivity (Wildman–Crippen MR) is 94.6 cm³/mol. The number of aromatic carboxylic acids is 1. The van der Waals surface area contributed by atoms with Crippen LogP contribution in [0.5, 0.6) is 0 Å². The molecule has 3 N–H and O–H groups in total. The van der Waals surface area contributed by atoms with E-state index in [4.69, 9.17) is 34.0 Å². The molecule has 1 aromatic heterocycles. The van der Waals surface area contributed by atoms with E-state index in [-0.39, 0.29) is 32.7 Å². The van der Waals surface area contributed by atoms with Crippen LogP contribution in [0.1, 0.15) is 24.3 Å². The second-order valence-electron chi connectivity index (χ2n) is 4.99. The Morgan fingerprint density at radius 2 is 1.96 bits per heavy atom. The number of nitrogen functional groups attached to an aromatic ring is 1. The molecule has 8 heteroatoms. The number of carboxylic acid groups (broad SMARTS) is 1. The van der Waals surface area contributed by atoms with E-state index in [9.17, 15) is 4.79 Å². The molecule has 0 spiro atoms. The minimum absolute atomic E-state index is 0.0119. The van der Waals surface area contributed by atoms with Crippen LogP contribution in [0.4, 0.5) is 15.8 Å². The molecule has 0 bridgehead atoms. The number of hydrogen-bond donors (Lipinski definition) is 2. The summed E-state index contributed by atoms with van der Waals surface area (Å²) < 4.78 is 15.0. The van der Waals surface area contributed by atoms with Gasteiger partial charge in [0.25, 0.3) is 0 Å². The summed E-state index contributed by atoms with van der Waals surface area (Å²) in [5, 5.41) is 9.26. The van der Waals surface area contributed by atoms with Crippen LogP contribution in [0, 0.1) is 5.82 Å².